The standard InChI is InChI=1S/C13H20N4O5/c1-8(21)10(4-18)22-13(5-19,6-20)11-3-2-9-12(14)15-7-16-17(9)11/h2-3,7-8,10,18-21H,4-6H2,1H3,(H2,14,15,16)/t8-,10+/m0/s1. The normalized spacial score (nSPS) is 15.1. The lowest BCUT2D eigenvalue weighted by Crippen LogP contribution is -2.46. The first-order valence-corrected chi connectivity index (χ1v) is 6.76. The van der Waals surface area contributed by atoms with Gasteiger partial charge >= 0.3 is 0 Å². The number of fused-ring (bicyclic) bond motifs is 1. The Labute approximate surface area is 126 Å². The molecule has 2 aromatic heterocycles. The molecule has 9 heteroatoms. The summed E-state index contributed by atoms with van der Waals surface area (Å²) in [5.41, 5.74) is 5.02. The van der Waals surface area contributed by atoms with E-state index in [2.05, 4.69) is 10.1 Å². The molecule has 0 aliphatic rings. The third-order valence-corrected chi connectivity index (χ3v) is 3.55. The Hall–Kier alpha value is -1.78. The van der Waals surface area contributed by atoms with Gasteiger partial charge in [-0.05, 0) is 19.1 Å². The summed E-state index contributed by atoms with van der Waals surface area (Å²) >= 11 is 0. The molecule has 0 saturated carbocycles. The van der Waals surface area contributed by atoms with Crippen LogP contribution in [0.3, 0.4) is 0 Å². The first kappa shape index (κ1) is 16.6. The van der Waals surface area contributed by atoms with Crippen LogP contribution in [0.1, 0.15) is 12.6 Å². The van der Waals surface area contributed by atoms with Gasteiger partial charge in [-0.2, -0.15) is 5.10 Å². The molecule has 2 rings (SSSR count). The largest absolute Gasteiger partial charge is 0.394 e. The molecular weight excluding hydrogens is 292 g/mol. The molecule has 0 radical (unpaired) electrons. The van der Waals surface area contributed by atoms with Gasteiger partial charge in [0.2, 0.25) is 0 Å². The summed E-state index contributed by atoms with van der Waals surface area (Å²) in [6.07, 6.45) is -0.735. The van der Waals surface area contributed by atoms with Crippen molar-refractivity contribution in [2.24, 2.45) is 0 Å². The van der Waals surface area contributed by atoms with Gasteiger partial charge in [-0.1, -0.05) is 0 Å². The van der Waals surface area contributed by atoms with Crippen LogP contribution in [0.25, 0.3) is 5.52 Å². The molecule has 2 heterocycles. The van der Waals surface area contributed by atoms with Gasteiger partial charge < -0.3 is 30.9 Å². The highest BCUT2D eigenvalue weighted by atomic mass is 16.6. The van der Waals surface area contributed by atoms with Crippen LogP contribution in [0.15, 0.2) is 18.5 Å². The number of aliphatic hydroxyl groups is 4. The molecule has 0 aromatic carbocycles. The molecular formula is C13H20N4O5. The Bertz CT molecular complexity index is 626. The summed E-state index contributed by atoms with van der Waals surface area (Å²) < 4.78 is 7.01. The molecule has 122 valence electrons. The zero-order valence-electron chi connectivity index (χ0n) is 12.1. The summed E-state index contributed by atoms with van der Waals surface area (Å²) in [5.74, 6) is 0.236. The first-order valence-electron chi connectivity index (χ1n) is 6.76. The quantitative estimate of drug-likeness (QED) is 0.404. The van der Waals surface area contributed by atoms with Crippen LogP contribution >= 0.6 is 0 Å². The fourth-order valence-electron chi connectivity index (χ4n) is 2.22. The van der Waals surface area contributed by atoms with Crippen molar-refractivity contribution in [3.63, 3.8) is 0 Å². The van der Waals surface area contributed by atoms with Gasteiger partial charge in [-0.25, -0.2) is 9.50 Å². The van der Waals surface area contributed by atoms with Gasteiger partial charge in [0, 0.05) is 0 Å². The molecule has 0 spiro atoms. The topological polar surface area (TPSA) is 146 Å². The molecule has 22 heavy (non-hydrogen) atoms. The average molecular weight is 312 g/mol. The monoisotopic (exact) mass is 312 g/mol. The molecule has 0 saturated heterocycles. The van der Waals surface area contributed by atoms with Crippen LogP contribution in [-0.4, -0.2) is 67.1 Å². The molecule has 0 unspecified atom stereocenters. The maximum atomic E-state index is 9.77. The summed E-state index contributed by atoms with van der Waals surface area (Å²) in [4.78, 5) is 3.86. The molecule has 0 bridgehead atoms. The first-order chi connectivity index (χ1) is 10.5. The van der Waals surface area contributed by atoms with Crippen LogP contribution < -0.4 is 5.73 Å². The SMILES string of the molecule is C[C@H](O)[C@@H](CO)OC(CO)(CO)c1ccc2c(N)ncnn12. The zero-order chi connectivity index (χ0) is 16.3. The second-order valence-electron chi connectivity index (χ2n) is 5.05. The minimum atomic E-state index is -1.56. The van der Waals surface area contributed by atoms with Gasteiger partial charge in [0.1, 0.15) is 17.9 Å². The number of hydrogen-bond donors (Lipinski definition) is 5. The van der Waals surface area contributed by atoms with Crippen molar-refractivity contribution in [1.29, 1.82) is 0 Å². The molecule has 0 aliphatic heterocycles. The lowest BCUT2D eigenvalue weighted by Gasteiger charge is -2.34. The van der Waals surface area contributed by atoms with E-state index >= 15 is 0 Å². The Morgan fingerprint density at radius 2 is 2.00 bits per heavy atom. The van der Waals surface area contributed by atoms with E-state index in [-0.39, 0.29) is 5.82 Å². The van der Waals surface area contributed by atoms with Crippen molar-refractivity contribution >= 4 is 11.3 Å². The number of nitrogens with two attached hydrogens (primary N) is 1. The molecule has 0 fully saturated rings. The number of nitrogen functional groups attached to an aromatic ring is 1. The smallest absolute Gasteiger partial charge is 0.156 e. The maximum Gasteiger partial charge on any atom is 0.156 e. The zero-order valence-corrected chi connectivity index (χ0v) is 12.1. The molecule has 0 aliphatic carbocycles. The van der Waals surface area contributed by atoms with Crippen LogP contribution in [0, 0.1) is 0 Å². The van der Waals surface area contributed by atoms with Crippen LogP contribution in [0.5, 0.6) is 0 Å². The van der Waals surface area contributed by atoms with Crippen molar-refractivity contribution < 1.29 is 25.2 Å². The molecule has 2 atom stereocenters. The van der Waals surface area contributed by atoms with Gasteiger partial charge in [-0.15, -0.1) is 0 Å². The summed E-state index contributed by atoms with van der Waals surface area (Å²) in [6, 6.07) is 3.22. The highest BCUT2D eigenvalue weighted by molar-refractivity contribution is 5.65. The Kier molecular flexibility index (Phi) is 4.94. The van der Waals surface area contributed by atoms with Crippen LogP contribution in [0.4, 0.5) is 5.82 Å². The van der Waals surface area contributed by atoms with E-state index in [0.29, 0.717) is 11.2 Å². The third-order valence-electron chi connectivity index (χ3n) is 3.55. The number of ether oxygens (including phenoxy) is 1. The fourth-order valence-corrected chi connectivity index (χ4v) is 2.22. The summed E-state index contributed by atoms with van der Waals surface area (Å²) in [7, 11) is 0. The van der Waals surface area contributed by atoms with E-state index < -0.39 is 37.6 Å². The maximum absolute atomic E-state index is 9.77. The minimum absolute atomic E-state index is 0.236. The van der Waals surface area contributed by atoms with E-state index in [0.717, 1.165) is 0 Å². The predicted octanol–water partition coefficient (Wildman–Crippen LogP) is -1.75. The van der Waals surface area contributed by atoms with Crippen molar-refractivity contribution in [2.75, 3.05) is 25.6 Å². The Morgan fingerprint density at radius 3 is 2.55 bits per heavy atom. The van der Waals surface area contributed by atoms with Gasteiger partial charge in [0.25, 0.3) is 0 Å². The number of nitrogens with zero attached hydrogens (tertiary/aromatic N) is 3. The van der Waals surface area contributed by atoms with E-state index in [9.17, 15) is 20.4 Å². The Balaban J connectivity index is 2.51. The highest BCUT2D eigenvalue weighted by Gasteiger charge is 2.39. The molecule has 9 nitrogen and oxygen atoms in total. The van der Waals surface area contributed by atoms with Crippen molar-refractivity contribution in [1.82, 2.24) is 14.6 Å². The molecule has 6 N–H and O–H groups in total. The second kappa shape index (κ2) is 6.55. The minimum Gasteiger partial charge on any atom is -0.394 e. The van der Waals surface area contributed by atoms with Crippen molar-refractivity contribution in [3.8, 4) is 0 Å². The van der Waals surface area contributed by atoms with E-state index in [1.165, 1.54) is 17.8 Å². The molecule has 2 aromatic rings. The van der Waals surface area contributed by atoms with E-state index in [4.69, 9.17) is 10.5 Å². The number of anilines is 1. The Morgan fingerprint density at radius 1 is 1.32 bits per heavy atom. The average Bonchev–Trinajstić information content (AvgIpc) is 2.95. The van der Waals surface area contributed by atoms with Crippen LogP contribution in [-0.2, 0) is 10.3 Å². The third kappa shape index (κ3) is 2.76. The van der Waals surface area contributed by atoms with E-state index in [1.807, 2.05) is 0 Å². The highest BCUT2D eigenvalue weighted by Crippen LogP contribution is 2.29. The number of aromatic nitrogens is 3. The summed E-state index contributed by atoms with van der Waals surface area (Å²) in [5, 5.41) is 42.5. The molecule has 0 amide bonds. The van der Waals surface area contributed by atoms with Crippen LogP contribution in [0.2, 0.25) is 0 Å². The number of hydrogen-bond acceptors (Lipinski definition) is 8. The second-order valence-corrected chi connectivity index (χ2v) is 5.05. The van der Waals surface area contributed by atoms with Gasteiger partial charge in [0.05, 0.1) is 31.6 Å². The summed E-state index contributed by atoms with van der Waals surface area (Å²) in [6.45, 7) is -0.192. The number of rotatable bonds is 7. The lowest BCUT2D eigenvalue weighted by molar-refractivity contribution is -0.186. The lowest BCUT2D eigenvalue weighted by atomic mass is 10.0. The van der Waals surface area contributed by atoms with Crippen molar-refractivity contribution in [2.45, 2.75) is 24.7 Å². The van der Waals surface area contributed by atoms with E-state index in [1.54, 1.807) is 12.1 Å². The predicted molar refractivity (Wildman–Crippen MR) is 76.9 cm³/mol. The van der Waals surface area contributed by atoms with Gasteiger partial charge in [-0.3, -0.25) is 0 Å². The number of aliphatic hydroxyl groups excluding tert-OH is 4. The van der Waals surface area contributed by atoms with Crippen molar-refractivity contribution in [3.05, 3.63) is 24.2 Å². The fraction of sp³-hybridized carbons (Fsp3) is 0.538. The van der Waals surface area contributed by atoms with Gasteiger partial charge in [0.15, 0.2) is 11.4 Å².